The molecule has 0 spiro atoms. The second kappa shape index (κ2) is 5.18. The molecule has 0 aliphatic carbocycles. The van der Waals surface area contributed by atoms with E-state index in [0.29, 0.717) is 18.7 Å². The van der Waals surface area contributed by atoms with Crippen LogP contribution in [0.1, 0.15) is 29.6 Å². The predicted molar refractivity (Wildman–Crippen MR) is 75.0 cm³/mol. The third kappa shape index (κ3) is 2.33. The van der Waals surface area contributed by atoms with Crippen LogP contribution in [0, 0.1) is 0 Å². The molecule has 0 atom stereocenters. The van der Waals surface area contributed by atoms with Crippen molar-refractivity contribution >= 4 is 15.9 Å². The molecule has 108 valence electrons. The first kappa shape index (κ1) is 13.6. The summed E-state index contributed by atoms with van der Waals surface area (Å²) in [4.78, 5) is 14.1. The Hall–Kier alpha value is -1.40. The molecule has 0 radical (unpaired) electrons. The van der Waals surface area contributed by atoms with Crippen molar-refractivity contribution in [3.8, 4) is 0 Å². The summed E-state index contributed by atoms with van der Waals surface area (Å²) in [5.41, 5.74) is 0.463. The molecular formula is C14H18N2O3S. The second-order valence-electron chi connectivity index (χ2n) is 5.28. The number of amides is 1. The Morgan fingerprint density at radius 3 is 2.30 bits per heavy atom. The molecule has 2 heterocycles. The lowest BCUT2D eigenvalue weighted by molar-refractivity contribution is 0.0651. The number of hydrogen-bond donors (Lipinski definition) is 0. The highest BCUT2D eigenvalue weighted by Gasteiger charge is 2.28. The number of rotatable bonds is 3. The molecule has 0 bridgehead atoms. The summed E-state index contributed by atoms with van der Waals surface area (Å²) in [6, 6.07) is 6.41. The van der Waals surface area contributed by atoms with E-state index in [0.717, 1.165) is 32.4 Å². The Morgan fingerprint density at radius 2 is 1.70 bits per heavy atom. The first-order chi connectivity index (χ1) is 9.59. The summed E-state index contributed by atoms with van der Waals surface area (Å²) in [5, 5.41) is 0. The fraction of sp³-hybridized carbons (Fsp3) is 0.500. The average Bonchev–Trinajstić information content (AvgIpc) is 2.91. The van der Waals surface area contributed by atoms with Crippen LogP contribution in [0.2, 0.25) is 0 Å². The number of sulfonamides is 1. The van der Waals surface area contributed by atoms with Gasteiger partial charge in [-0.15, -0.1) is 0 Å². The Balaban J connectivity index is 1.88. The van der Waals surface area contributed by atoms with E-state index < -0.39 is 10.0 Å². The van der Waals surface area contributed by atoms with Crippen molar-refractivity contribution in [3.63, 3.8) is 0 Å². The maximum atomic E-state index is 12.5. The van der Waals surface area contributed by atoms with Gasteiger partial charge in [-0.05, 0) is 37.5 Å². The SMILES string of the molecule is O=C(c1cccc(S(=O)(=O)N2CCCC2)c1)N1CCC1. The molecule has 1 aromatic rings. The van der Waals surface area contributed by atoms with Gasteiger partial charge >= 0.3 is 0 Å². The van der Waals surface area contributed by atoms with Crippen LogP contribution >= 0.6 is 0 Å². The van der Waals surface area contributed by atoms with Crippen molar-refractivity contribution in [1.29, 1.82) is 0 Å². The van der Waals surface area contributed by atoms with Gasteiger partial charge in [-0.3, -0.25) is 4.79 Å². The molecular weight excluding hydrogens is 276 g/mol. The summed E-state index contributed by atoms with van der Waals surface area (Å²) in [5.74, 6) is -0.0743. The molecule has 0 unspecified atom stereocenters. The van der Waals surface area contributed by atoms with E-state index in [1.807, 2.05) is 0 Å². The van der Waals surface area contributed by atoms with Crippen LogP contribution in [0.4, 0.5) is 0 Å². The molecule has 2 fully saturated rings. The van der Waals surface area contributed by atoms with Crippen LogP contribution < -0.4 is 0 Å². The number of benzene rings is 1. The van der Waals surface area contributed by atoms with E-state index in [2.05, 4.69) is 0 Å². The van der Waals surface area contributed by atoms with Crippen LogP contribution in [0.15, 0.2) is 29.2 Å². The number of nitrogens with zero attached hydrogens (tertiary/aromatic N) is 2. The Kier molecular flexibility index (Phi) is 3.52. The maximum absolute atomic E-state index is 12.5. The van der Waals surface area contributed by atoms with Crippen molar-refractivity contribution in [2.75, 3.05) is 26.2 Å². The molecule has 6 heteroatoms. The van der Waals surface area contributed by atoms with Gasteiger partial charge in [0, 0.05) is 31.7 Å². The molecule has 1 amide bonds. The molecule has 20 heavy (non-hydrogen) atoms. The first-order valence-corrected chi connectivity index (χ1v) is 8.42. The maximum Gasteiger partial charge on any atom is 0.253 e. The topological polar surface area (TPSA) is 57.7 Å². The van der Waals surface area contributed by atoms with Gasteiger partial charge in [-0.25, -0.2) is 8.42 Å². The van der Waals surface area contributed by atoms with Crippen LogP contribution in [0.5, 0.6) is 0 Å². The molecule has 0 aromatic heterocycles. The summed E-state index contributed by atoms with van der Waals surface area (Å²) in [6.45, 7) is 2.68. The minimum absolute atomic E-state index is 0.0743. The van der Waals surface area contributed by atoms with Gasteiger partial charge in [0.15, 0.2) is 0 Å². The molecule has 5 nitrogen and oxygen atoms in total. The fourth-order valence-corrected chi connectivity index (χ4v) is 4.13. The highest BCUT2D eigenvalue weighted by Crippen LogP contribution is 2.22. The van der Waals surface area contributed by atoms with Crippen LogP contribution in [-0.4, -0.2) is 49.7 Å². The molecule has 3 rings (SSSR count). The van der Waals surface area contributed by atoms with E-state index in [-0.39, 0.29) is 10.8 Å². The minimum atomic E-state index is -3.45. The number of hydrogen-bond acceptors (Lipinski definition) is 3. The number of carbonyl (C=O) groups is 1. The van der Waals surface area contributed by atoms with E-state index in [4.69, 9.17) is 0 Å². The van der Waals surface area contributed by atoms with E-state index in [1.54, 1.807) is 23.1 Å². The lowest BCUT2D eigenvalue weighted by Crippen LogP contribution is -2.42. The number of likely N-dealkylation sites (tertiary alicyclic amines) is 1. The molecule has 1 aromatic carbocycles. The van der Waals surface area contributed by atoms with Crippen molar-refractivity contribution in [1.82, 2.24) is 9.21 Å². The summed E-state index contributed by atoms with van der Waals surface area (Å²) in [6.07, 6.45) is 2.84. The van der Waals surface area contributed by atoms with Crippen LogP contribution in [0.25, 0.3) is 0 Å². The lowest BCUT2D eigenvalue weighted by Gasteiger charge is -2.31. The molecule has 2 saturated heterocycles. The normalized spacial score (nSPS) is 19.9. The predicted octanol–water partition coefficient (Wildman–Crippen LogP) is 1.32. The van der Waals surface area contributed by atoms with E-state index >= 15 is 0 Å². The molecule has 2 aliphatic heterocycles. The summed E-state index contributed by atoms with van der Waals surface area (Å²) >= 11 is 0. The molecule has 0 saturated carbocycles. The van der Waals surface area contributed by atoms with Crippen LogP contribution in [-0.2, 0) is 10.0 Å². The third-order valence-electron chi connectivity index (χ3n) is 3.93. The van der Waals surface area contributed by atoms with E-state index in [1.165, 1.54) is 10.4 Å². The van der Waals surface area contributed by atoms with Gasteiger partial charge in [-0.2, -0.15) is 4.31 Å². The fourth-order valence-electron chi connectivity index (χ4n) is 2.57. The zero-order valence-corrected chi connectivity index (χ0v) is 12.1. The minimum Gasteiger partial charge on any atom is -0.339 e. The molecule has 0 N–H and O–H groups in total. The van der Waals surface area contributed by atoms with Crippen molar-refractivity contribution in [3.05, 3.63) is 29.8 Å². The monoisotopic (exact) mass is 294 g/mol. The Bertz CT molecular complexity index is 617. The van der Waals surface area contributed by atoms with Gasteiger partial charge in [-0.1, -0.05) is 6.07 Å². The third-order valence-corrected chi connectivity index (χ3v) is 5.82. The van der Waals surface area contributed by atoms with Gasteiger partial charge in [0.25, 0.3) is 5.91 Å². The van der Waals surface area contributed by atoms with Crippen molar-refractivity contribution in [2.24, 2.45) is 0 Å². The first-order valence-electron chi connectivity index (χ1n) is 6.98. The van der Waals surface area contributed by atoms with E-state index in [9.17, 15) is 13.2 Å². The molecule has 2 aliphatic rings. The van der Waals surface area contributed by atoms with Gasteiger partial charge in [0.05, 0.1) is 4.90 Å². The summed E-state index contributed by atoms with van der Waals surface area (Å²) < 4.78 is 26.4. The standard InChI is InChI=1S/C14H18N2O3S/c17-14(15-7-4-8-15)12-5-3-6-13(11-12)20(18,19)16-9-1-2-10-16/h3,5-6,11H,1-2,4,7-10H2. The lowest BCUT2D eigenvalue weighted by atomic mass is 10.1. The second-order valence-corrected chi connectivity index (χ2v) is 7.22. The van der Waals surface area contributed by atoms with Crippen molar-refractivity contribution in [2.45, 2.75) is 24.2 Å². The highest BCUT2D eigenvalue weighted by molar-refractivity contribution is 7.89. The van der Waals surface area contributed by atoms with Crippen molar-refractivity contribution < 1.29 is 13.2 Å². The number of carbonyl (C=O) groups excluding carboxylic acids is 1. The quantitative estimate of drug-likeness (QED) is 0.845. The van der Waals surface area contributed by atoms with Gasteiger partial charge in [0.1, 0.15) is 0 Å². The smallest absolute Gasteiger partial charge is 0.253 e. The zero-order chi connectivity index (χ0) is 14.2. The van der Waals surface area contributed by atoms with Gasteiger partial charge < -0.3 is 4.90 Å². The Morgan fingerprint density at radius 1 is 1.00 bits per heavy atom. The van der Waals surface area contributed by atoms with Gasteiger partial charge in [0.2, 0.25) is 10.0 Å². The summed E-state index contributed by atoms with van der Waals surface area (Å²) in [7, 11) is -3.45. The zero-order valence-electron chi connectivity index (χ0n) is 11.3. The Labute approximate surface area is 119 Å². The average molecular weight is 294 g/mol. The highest BCUT2D eigenvalue weighted by atomic mass is 32.2. The van der Waals surface area contributed by atoms with Crippen LogP contribution in [0.3, 0.4) is 0 Å². The largest absolute Gasteiger partial charge is 0.339 e.